The van der Waals surface area contributed by atoms with Gasteiger partial charge in [-0.1, -0.05) is 12.2 Å². The summed E-state index contributed by atoms with van der Waals surface area (Å²) in [6.07, 6.45) is 4.08. The van der Waals surface area contributed by atoms with Gasteiger partial charge in [0, 0.05) is 26.2 Å². The molecule has 0 saturated heterocycles. The summed E-state index contributed by atoms with van der Waals surface area (Å²) in [6.45, 7) is 0.795. The molecule has 0 atom stereocenters. The smallest absolute Gasteiger partial charge is 0.244 e. The molecule has 1 aromatic heterocycles. The second-order valence-corrected chi connectivity index (χ2v) is 5.16. The van der Waals surface area contributed by atoms with Gasteiger partial charge in [-0.3, -0.25) is 9.48 Å². The van der Waals surface area contributed by atoms with E-state index in [9.17, 15) is 4.79 Å². The van der Waals surface area contributed by atoms with Crippen molar-refractivity contribution in [2.45, 2.75) is 13.0 Å². The number of nitrogens with two attached hydrogens (primary N) is 1. The monoisotopic (exact) mass is 352 g/mol. The van der Waals surface area contributed by atoms with E-state index < -0.39 is 0 Å². The van der Waals surface area contributed by atoms with Crippen LogP contribution < -0.4 is 5.73 Å². The van der Waals surface area contributed by atoms with Crippen LogP contribution in [-0.2, 0) is 11.3 Å². The minimum atomic E-state index is -0.00394. The molecule has 1 heterocycles. The van der Waals surface area contributed by atoms with E-state index in [2.05, 4.69) is 27.7 Å². The number of aromatic nitrogens is 2. The van der Waals surface area contributed by atoms with Crippen LogP contribution in [-0.4, -0.2) is 39.2 Å². The Morgan fingerprint density at radius 2 is 2.44 bits per heavy atom. The van der Waals surface area contributed by atoms with Crippen molar-refractivity contribution in [1.29, 1.82) is 0 Å². The van der Waals surface area contributed by atoms with Gasteiger partial charge in [0.15, 0.2) is 0 Å². The number of thiocarbonyl (C=S) groups is 1. The van der Waals surface area contributed by atoms with Crippen molar-refractivity contribution < 1.29 is 4.79 Å². The molecule has 0 saturated carbocycles. The molecule has 0 radical (unpaired) electrons. The van der Waals surface area contributed by atoms with Gasteiger partial charge in [-0.05, 0) is 22.6 Å². The van der Waals surface area contributed by atoms with Crippen LogP contribution in [0.1, 0.15) is 6.42 Å². The molecule has 0 unspecified atom stereocenters. The van der Waals surface area contributed by atoms with Crippen LogP contribution in [0.4, 0.5) is 0 Å². The van der Waals surface area contributed by atoms with E-state index in [1.165, 1.54) is 0 Å². The molecule has 0 aromatic carbocycles. The Balaban J connectivity index is 2.42. The molecule has 0 spiro atoms. The van der Waals surface area contributed by atoms with Crippen LogP contribution in [0.5, 0.6) is 0 Å². The third-order valence-corrected chi connectivity index (χ3v) is 2.78. The number of hydrogen-bond acceptors (Lipinski definition) is 3. The van der Waals surface area contributed by atoms with Crippen LogP contribution in [0, 0.1) is 3.57 Å². The highest BCUT2D eigenvalue weighted by molar-refractivity contribution is 14.1. The van der Waals surface area contributed by atoms with Crippen LogP contribution in [0.3, 0.4) is 0 Å². The highest BCUT2D eigenvalue weighted by Crippen LogP contribution is 2.01. The molecule has 0 fully saturated rings. The predicted octanol–water partition coefficient (Wildman–Crippen LogP) is 0.622. The molecule has 0 bridgehead atoms. The lowest BCUT2D eigenvalue weighted by molar-refractivity contribution is -0.130. The second kappa shape index (κ2) is 6.14. The molecule has 1 amide bonds. The topological polar surface area (TPSA) is 64.2 Å². The highest BCUT2D eigenvalue weighted by atomic mass is 127. The van der Waals surface area contributed by atoms with E-state index in [1.54, 1.807) is 22.8 Å². The Labute approximate surface area is 113 Å². The Morgan fingerprint density at radius 1 is 1.75 bits per heavy atom. The Kier molecular flexibility index (Phi) is 5.13. The molecule has 2 N–H and O–H groups in total. The first-order valence-corrected chi connectivity index (χ1v) is 6.18. The lowest BCUT2D eigenvalue weighted by Crippen LogP contribution is -2.32. The number of likely N-dealkylation sites (N-methyl/N-ethyl adjacent to an activating group) is 1. The van der Waals surface area contributed by atoms with E-state index >= 15 is 0 Å². The number of amides is 1. The average molecular weight is 352 g/mol. The largest absolute Gasteiger partial charge is 0.393 e. The fraction of sp³-hybridized carbons (Fsp3) is 0.444. The number of carbonyl (C=O) groups is 1. The minimum absolute atomic E-state index is 0.00394. The minimum Gasteiger partial charge on any atom is -0.393 e. The summed E-state index contributed by atoms with van der Waals surface area (Å²) in [4.78, 5) is 13.7. The van der Waals surface area contributed by atoms with E-state index in [-0.39, 0.29) is 12.5 Å². The number of hydrogen-bond donors (Lipinski definition) is 1. The Hall–Kier alpha value is -0.700. The first-order valence-electron chi connectivity index (χ1n) is 4.69. The summed E-state index contributed by atoms with van der Waals surface area (Å²) >= 11 is 6.90. The summed E-state index contributed by atoms with van der Waals surface area (Å²) in [6, 6.07) is 0. The molecule has 0 aliphatic carbocycles. The van der Waals surface area contributed by atoms with E-state index in [0.29, 0.717) is 18.0 Å². The summed E-state index contributed by atoms with van der Waals surface area (Å²) in [5.41, 5.74) is 5.37. The van der Waals surface area contributed by atoms with E-state index in [4.69, 9.17) is 18.0 Å². The Bertz CT molecular complexity index is 393. The fourth-order valence-electron chi connectivity index (χ4n) is 1.09. The van der Waals surface area contributed by atoms with Crippen molar-refractivity contribution in [1.82, 2.24) is 14.7 Å². The van der Waals surface area contributed by atoms with Gasteiger partial charge < -0.3 is 10.6 Å². The van der Waals surface area contributed by atoms with E-state index in [1.807, 2.05) is 6.20 Å². The van der Waals surface area contributed by atoms with Crippen molar-refractivity contribution >= 4 is 45.7 Å². The normalized spacial score (nSPS) is 10.1. The van der Waals surface area contributed by atoms with Crippen LogP contribution in [0.15, 0.2) is 12.4 Å². The SMILES string of the molecule is CN(CCC(N)=S)C(=O)Cn1cc(I)cn1. The summed E-state index contributed by atoms with van der Waals surface area (Å²) in [7, 11) is 1.73. The van der Waals surface area contributed by atoms with Crippen LogP contribution in [0.25, 0.3) is 0 Å². The number of carbonyl (C=O) groups excluding carboxylic acids is 1. The molecular formula is C9H13IN4OS. The molecule has 7 heteroatoms. The zero-order valence-electron chi connectivity index (χ0n) is 8.89. The number of rotatable bonds is 5. The lowest BCUT2D eigenvalue weighted by atomic mass is 10.4. The summed E-state index contributed by atoms with van der Waals surface area (Å²) < 4.78 is 2.62. The zero-order valence-corrected chi connectivity index (χ0v) is 11.9. The van der Waals surface area contributed by atoms with Crippen molar-refractivity contribution in [3.05, 3.63) is 16.0 Å². The molecule has 1 aromatic rings. The molecule has 0 aliphatic heterocycles. The molecular weight excluding hydrogens is 339 g/mol. The third-order valence-electron chi connectivity index (χ3n) is 2.02. The van der Waals surface area contributed by atoms with Gasteiger partial charge in [-0.25, -0.2) is 0 Å². The van der Waals surface area contributed by atoms with Gasteiger partial charge >= 0.3 is 0 Å². The van der Waals surface area contributed by atoms with Gasteiger partial charge in [-0.2, -0.15) is 5.10 Å². The van der Waals surface area contributed by atoms with Gasteiger partial charge in [0.25, 0.3) is 0 Å². The van der Waals surface area contributed by atoms with Crippen molar-refractivity contribution in [3.8, 4) is 0 Å². The van der Waals surface area contributed by atoms with Crippen LogP contribution in [0.2, 0.25) is 0 Å². The van der Waals surface area contributed by atoms with Crippen LogP contribution >= 0.6 is 34.8 Å². The second-order valence-electron chi connectivity index (χ2n) is 3.39. The molecule has 0 aliphatic rings. The van der Waals surface area contributed by atoms with Crippen molar-refractivity contribution in [2.75, 3.05) is 13.6 Å². The summed E-state index contributed by atoms with van der Waals surface area (Å²) in [5.74, 6) is -0.00394. The maximum absolute atomic E-state index is 11.7. The highest BCUT2D eigenvalue weighted by Gasteiger charge is 2.10. The Morgan fingerprint density at radius 3 is 2.94 bits per heavy atom. The average Bonchev–Trinajstić information content (AvgIpc) is 2.60. The maximum Gasteiger partial charge on any atom is 0.244 e. The predicted molar refractivity (Wildman–Crippen MR) is 74.0 cm³/mol. The first-order chi connectivity index (χ1) is 7.49. The zero-order chi connectivity index (χ0) is 12.1. The molecule has 5 nitrogen and oxygen atoms in total. The van der Waals surface area contributed by atoms with E-state index in [0.717, 1.165) is 3.57 Å². The van der Waals surface area contributed by atoms with Gasteiger partial charge in [0.1, 0.15) is 6.54 Å². The van der Waals surface area contributed by atoms with Gasteiger partial charge in [0.05, 0.1) is 14.8 Å². The molecule has 1 rings (SSSR count). The molecule has 88 valence electrons. The van der Waals surface area contributed by atoms with Gasteiger partial charge in [0.2, 0.25) is 5.91 Å². The summed E-state index contributed by atoms with van der Waals surface area (Å²) in [5, 5.41) is 4.04. The quantitative estimate of drug-likeness (QED) is 0.624. The lowest BCUT2D eigenvalue weighted by Gasteiger charge is -2.16. The standard InChI is InChI=1S/C9H13IN4OS/c1-13(3-2-8(11)16)9(15)6-14-5-7(10)4-12-14/h4-5H,2-3,6H2,1H3,(H2,11,16). The number of halogens is 1. The maximum atomic E-state index is 11.7. The fourth-order valence-corrected chi connectivity index (χ4v) is 1.62. The number of nitrogens with zero attached hydrogens (tertiary/aromatic N) is 3. The van der Waals surface area contributed by atoms with Crippen molar-refractivity contribution in [3.63, 3.8) is 0 Å². The third kappa shape index (κ3) is 4.44. The van der Waals surface area contributed by atoms with Crippen molar-refractivity contribution in [2.24, 2.45) is 5.73 Å². The first kappa shape index (κ1) is 13.4. The van der Waals surface area contributed by atoms with Gasteiger partial charge in [-0.15, -0.1) is 0 Å². The molecule has 16 heavy (non-hydrogen) atoms.